The van der Waals surface area contributed by atoms with Crippen molar-refractivity contribution in [3.8, 4) is 12.1 Å². The number of esters is 1. The Labute approximate surface area is 167 Å². The molecule has 0 aliphatic rings. The van der Waals surface area contributed by atoms with Crippen LogP contribution in [0.1, 0.15) is 23.2 Å². The molecule has 1 amide bonds. The molecule has 0 unspecified atom stereocenters. The highest BCUT2D eigenvalue weighted by Gasteiger charge is 2.18. The van der Waals surface area contributed by atoms with Crippen LogP contribution < -0.4 is 5.32 Å². The first-order valence-electron chi connectivity index (χ1n) is 8.85. The second-order valence-electron chi connectivity index (χ2n) is 5.95. The zero-order chi connectivity index (χ0) is 21.1. The van der Waals surface area contributed by atoms with Gasteiger partial charge in [-0.3, -0.25) is 4.79 Å². The summed E-state index contributed by atoms with van der Waals surface area (Å²) in [6.07, 6.45) is 0.241. The Hall–Kier alpha value is -3.91. The topological polar surface area (TPSA) is 106 Å². The van der Waals surface area contributed by atoms with Crippen LogP contribution in [0.3, 0.4) is 0 Å². The second-order valence-corrected chi connectivity index (χ2v) is 5.95. The van der Waals surface area contributed by atoms with Crippen LogP contribution in [0, 0.1) is 28.5 Å². The van der Waals surface area contributed by atoms with Crippen LogP contribution in [0.25, 0.3) is 0 Å². The number of nitrogens with zero attached hydrogens (tertiary/aromatic N) is 3. The van der Waals surface area contributed by atoms with Gasteiger partial charge >= 0.3 is 5.97 Å². The van der Waals surface area contributed by atoms with Crippen LogP contribution in [0.15, 0.2) is 48.5 Å². The predicted octanol–water partition coefficient (Wildman–Crippen LogP) is 3.38. The minimum absolute atomic E-state index is 0.121. The van der Waals surface area contributed by atoms with Crippen LogP contribution in [0.2, 0.25) is 0 Å². The molecule has 0 bridgehead atoms. The van der Waals surface area contributed by atoms with Crippen LogP contribution in [-0.4, -0.2) is 36.5 Å². The van der Waals surface area contributed by atoms with Gasteiger partial charge in [0.25, 0.3) is 5.91 Å². The largest absolute Gasteiger partial charge is 0.452 e. The molecule has 0 fully saturated rings. The number of halogens is 1. The Morgan fingerprint density at radius 2 is 1.62 bits per heavy atom. The van der Waals surface area contributed by atoms with Crippen molar-refractivity contribution < 1.29 is 18.7 Å². The molecule has 0 aliphatic carbocycles. The van der Waals surface area contributed by atoms with E-state index < -0.39 is 18.5 Å². The maximum atomic E-state index is 13.1. The molecule has 0 aromatic heterocycles. The summed E-state index contributed by atoms with van der Waals surface area (Å²) in [6, 6.07) is 16.1. The van der Waals surface area contributed by atoms with E-state index in [0.29, 0.717) is 11.4 Å². The van der Waals surface area contributed by atoms with Crippen molar-refractivity contribution in [2.45, 2.75) is 12.8 Å². The third-order valence-corrected chi connectivity index (χ3v) is 3.94. The van der Waals surface area contributed by atoms with E-state index in [1.807, 2.05) is 12.1 Å². The lowest BCUT2D eigenvalue weighted by Gasteiger charge is -2.20. The SMILES string of the molecule is N#CCCN(CCC#N)C(=O)COC(=O)c1ccccc1Nc1ccc(F)cc1. The smallest absolute Gasteiger partial charge is 0.340 e. The highest BCUT2D eigenvalue weighted by molar-refractivity contribution is 5.97. The summed E-state index contributed by atoms with van der Waals surface area (Å²) < 4.78 is 18.2. The molecule has 0 heterocycles. The number of rotatable bonds is 9. The van der Waals surface area contributed by atoms with Crippen molar-refractivity contribution in [1.29, 1.82) is 10.5 Å². The number of amides is 1. The van der Waals surface area contributed by atoms with Gasteiger partial charge in [0.2, 0.25) is 0 Å². The van der Waals surface area contributed by atoms with Crippen molar-refractivity contribution in [1.82, 2.24) is 4.90 Å². The first-order chi connectivity index (χ1) is 14.0. The van der Waals surface area contributed by atoms with E-state index in [2.05, 4.69) is 5.32 Å². The summed E-state index contributed by atoms with van der Waals surface area (Å²) in [5.74, 6) is -1.56. The molecule has 29 heavy (non-hydrogen) atoms. The Balaban J connectivity index is 2.03. The number of hydrogen-bond donors (Lipinski definition) is 1. The van der Waals surface area contributed by atoms with Crippen molar-refractivity contribution in [3.63, 3.8) is 0 Å². The summed E-state index contributed by atoms with van der Waals surface area (Å²) in [7, 11) is 0. The van der Waals surface area contributed by atoms with Crippen LogP contribution in [-0.2, 0) is 9.53 Å². The lowest BCUT2D eigenvalue weighted by molar-refractivity contribution is -0.134. The fraction of sp³-hybridized carbons (Fsp3) is 0.238. The third kappa shape index (κ3) is 6.64. The van der Waals surface area contributed by atoms with Crippen LogP contribution in [0.5, 0.6) is 0 Å². The Kier molecular flexibility index (Phi) is 8.15. The second kappa shape index (κ2) is 11.1. The summed E-state index contributed by atoms with van der Waals surface area (Å²) in [6.45, 7) is -0.172. The molecule has 0 aliphatic heterocycles. The fourth-order valence-electron chi connectivity index (χ4n) is 2.49. The highest BCUT2D eigenvalue weighted by Crippen LogP contribution is 2.22. The van der Waals surface area contributed by atoms with Crippen LogP contribution >= 0.6 is 0 Å². The lowest BCUT2D eigenvalue weighted by atomic mass is 10.1. The number of anilines is 2. The number of carbonyl (C=O) groups is 2. The molecule has 0 radical (unpaired) electrons. The summed E-state index contributed by atoms with van der Waals surface area (Å²) >= 11 is 0. The van der Waals surface area contributed by atoms with Crippen LogP contribution in [0.4, 0.5) is 15.8 Å². The van der Waals surface area contributed by atoms with Crippen molar-refractivity contribution >= 4 is 23.3 Å². The first kappa shape index (κ1) is 21.4. The number of ether oxygens (including phenoxy) is 1. The number of hydrogen-bond acceptors (Lipinski definition) is 6. The van der Waals surface area contributed by atoms with Gasteiger partial charge < -0.3 is 15.0 Å². The Morgan fingerprint density at radius 1 is 1.00 bits per heavy atom. The average molecular weight is 394 g/mol. The molecule has 0 spiro atoms. The van der Waals surface area contributed by atoms with Gasteiger partial charge in [-0.1, -0.05) is 12.1 Å². The van der Waals surface area contributed by atoms with E-state index in [9.17, 15) is 14.0 Å². The first-order valence-corrected chi connectivity index (χ1v) is 8.85. The quantitative estimate of drug-likeness (QED) is 0.654. The molecule has 1 N–H and O–H groups in total. The highest BCUT2D eigenvalue weighted by atomic mass is 19.1. The number of nitriles is 2. The summed E-state index contributed by atoms with van der Waals surface area (Å²) in [5, 5.41) is 20.4. The number of nitrogens with one attached hydrogen (secondary N) is 1. The molecule has 0 atom stereocenters. The van der Waals surface area contributed by atoms with Gasteiger partial charge in [-0.05, 0) is 36.4 Å². The maximum Gasteiger partial charge on any atom is 0.340 e. The molecule has 148 valence electrons. The molecule has 7 nitrogen and oxygen atoms in total. The zero-order valence-electron chi connectivity index (χ0n) is 15.6. The summed E-state index contributed by atoms with van der Waals surface area (Å²) in [5.41, 5.74) is 1.24. The molecule has 2 aromatic rings. The molecular weight excluding hydrogens is 375 g/mol. The van der Waals surface area contributed by atoms with Gasteiger partial charge in [0.1, 0.15) is 5.82 Å². The average Bonchev–Trinajstić information content (AvgIpc) is 2.74. The minimum Gasteiger partial charge on any atom is -0.452 e. The standard InChI is InChI=1S/C21H19FN4O3/c22-16-7-9-17(10-8-16)25-19-6-2-1-5-18(19)21(28)29-15-20(27)26(13-3-11-23)14-4-12-24/h1-2,5-10,25H,3-4,13-15H2. The van der Waals surface area contributed by atoms with E-state index in [4.69, 9.17) is 15.3 Å². The van der Waals surface area contributed by atoms with E-state index in [-0.39, 0.29) is 37.3 Å². The normalized spacial score (nSPS) is 9.76. The monoisotopic (exact) mass is 394 g/mol. The van der Waals surface area contributed by atoms with E-state index in [1.54, 1.807) is 24.3 Å². The van der Waals surface area contributed by atoms with Crippen molar-refractivity contribution in [2.75, 3.05) is 25.0 Å². The van der Waals surface area contributed by atoms with Crippen molar-refractivity contribution in [3.05, 3.63) is 59.9 Å². The van der Waals surface area contributed by atoms with Gasteiger partial charge in [0.15, 0.2) is 6.61 Å². The maximum absolute atomic E-state index is 13.1. The predicted molar refractivity (Wildman–Crippen MR) is 103 cm³/mol. The van der Waals surface area contributed by atoms with E-state index in [0.717, 1.165) is 0 Å². The molecule has 8 heteroatoms. The number of benzene rings is 2. The summed E-state index contributed by atoms with van der Waals surface area (Å²) in [4.78, 5) is 26.1. The number of para-hydroxylation sites is 1. The minimum atomic E-state index is -0.705. The Morgan fingerprint density at radius 3 is 2.24 bits per heavy atom. The van der Waals surface area contributed by atoms with Gasteiger partial charge in [0, 0.05) is 18.8 Å². The van der Waals surface area contributed by atoms with E-state index >= 15 is 0 Å². The zero-order valence-corrected chi connectivity index (χ0v) is 15.6. The lowest BCUT2D eigenvalue weighted by Crippen LogP contribution is -2.36. The Bertz CT molecular complexity index is 914. The molecular formula is C21H19FN4O3. The van der Waals surface area contributed by atoms with E-state index in [1.165, 1.54) is 29.2 Å². The third-order valence-electron chi connectivity index (χ3n) is 3.94. The van der Waals surface area contributed by atoms with Gasteiger partial charge in [-0.25, -0.2) is 9.18 Å². The molecule has 2 aromatic carbocycles. The van der Waals surface area contributed by atoms with Gasteiger partial charge in [-0.2, -0.15) is 10.5 Å². The molecule has 0 saturated heterocycles. The molecule has 2 rings (SSSR count). The number of carbonyl (C=O) groups excluding carboxylic acids is 2. The molecule has 0 saturated carbocycles. The van der Waals surface area contributed by atoms with Gasteiger partial charge in [0.05, 0.1) is 36.2 Å². The van der Waals surface area contributed by atoms with Crippen molar-refractivity contribution in [2.24, 2.45) is 0 Å². The fourth-order valence-corrected chi connectivity index (χ4v) is 2.49. The van der Waals surface area contributed by atoms with Gasteiger partial charge in [-0.15, -0.1) is 0 Å².